The monoisotopic (exact) mass is 366 g/mol. The number of rotatable bonds is 6. The zero-order chi connectivity index (χ0) is 19.6. The number of hydrogen-bond donors (Lipinski definition) is 1. The molecule has 0 saturated heterocycles. The number of aryl methyl sites for hydroxylation is 1. The van der Waals surface area contributed by atoms with Crippen LogP contribution in [0.25, 0.3) is 22.3 Å². The molecule has 0 atom stereocenters. The summed E-state index contributed by atoms with van der Waals surface area (Å²) < 4.78 is 11.9. The smallest absolute Gasteiger partial charge is 0.335 e. The first-order valence-corrected chi connectivity index (χ1v) is 9.00. The summed E-state index contributed by atoms with van der Waals surface area (Å²) in [7, 11) is 0. The highest BCUT2D eigenvalue weighted by molar-refractivity contribution is 5.94. The van der Waals surface area contributed by atoms with Gasteiger partial charge in [0.2, 0.25) is 0 Å². The zero-order valence-electron chi connectivity index (χ0n) is 15.6. The first-order chi connectivity index (χ1) is 12.9. The Labute approximate surface area is 157 Å². The van der Waals surface area contributed by atoms with E-state index in [1.54, 1.807) is 6.07 Å². The third-order valence-electron chi connectivity index (χ3n) is 4.19. The minimum atomic E-state index is -1.06. The van der Waals surface area contributed by atoms with Crippen molar-refractivity contribution in [2.24, 2.45) is 0 Å². The van der Waals surface area contributed by atoms with Gasteiger partial charge in [0.05, 0.1) is 22.6 Å². The van der Waals surface area contributed by atoms with Gasteiger partial charge in [0, 0.05) is 6.07 Å². The van der Waals surface area contributed by atoms with Crippen molar-refractivity contribution in [1.29, 1.82) is 0 Å². The number of carboxylic acids is 1. The fraction of sp³-hybridized carbons (Fsp3) is 0.273. The highest BCUT2D eigenvalue weighted by Gasteiger charge is 2.17. The van der Waals surface area contributed by atoms with Crippen LogP contribution in [0.4, 0.5) is 0 Å². The van der Waals surface area contributed by atoms with Crippen LogP contribution in [0.3, 0.4) is 0 Å². The lowest BCUT2D eigenvalue weighted by Crippen LogP contribution is -2.08. The average molecular weight is 366 g/mol. The molecule has 140 valence electrons. The lowest BCUT2D eigenvalue weighted by molar-refractivity contribution is 0.0697. The van der Waals surface area contributed by atoms with Gasteiger partial charge in [-0.15, -0.1) is 0 Å². The second-order valence-electron chi connectivity index (χ2n) is 6.70. The van der Waals surface area contributed by atoms with E-state index in [9.17, 15) is 14.7 Å². The molecule has 5 nitrogen and oxygen atoms in total. The van der Waals surface area contributed by atoms with Crippen molar-refractivity contribution in [2.45, 2.75) is 39.7 Å². The quantitative estimate of drug-likeness (QED) is 0.671. The lowest BCUT2D eigenvalue weighted by atomic mass is 10.0. The molecule has 1 heterocycles. The maximum Gasteiger partial charge on any atom is 0.335 e. The second kappa shape index (κ2) is 7.66. The topological polar surface area (TPSA) is 76.7 Å². The van der Waals surface area contributed by atoms with E-state index in [-0.39, 0.29) is 22.5 Å². The molecule has 0 unspecified atom stereocenters. The van der Waals surface area contributed by atoms with Crippen LogP contribution in [0.1, 0.15) is 43.1 Å². The molecule has 3 rings (SSSR count). The number of para-hydroxylation sites is 1. The van der Waals surface area contributed by atoms with Crippen molar-refractivity contribution in [1.82, 2.24) is 0 Å². The van der Waals surface area contributed by atoms with Crippen LogP contribution in [-0.4, -0.2) is 17.2 Å². The number of carboxylic acid groups (broad SMARTS) is 1. The van der Waals surface area contributed by atoms with Crippen molar-refractivity contribution < 1.29 is 19.1 Å². The molecule has 0 radical (unpaired) electrons. The summed E-state index contributed by atoms with van der Waals surface area (Å²) in [5, 5.41) is 9.61. The molecule has 5 heteroatoms. The van der Waals surface area contributed by atoms with Gasteiger partial charge >= 0.3 is 5.97 Å². The van der Waals surface area contributed by atoms with Gasteiger partial charge in [-0.1, -0.05) is 25.5 Å². The third-order valence-corrected chi connectivity index (χ3v) is 4.19. The Kier molecular flexibility index (Phi) is 5.31. The minimum Gasteiger partial charge on any atom is -0.490 e. The Balaban J connectivity index is 2.26. The van der Waals surface area contributed by atoms with E-state index in [4.69, 9.17) is 9.15 Å². The standard InChI is InChI=1S/C22H22O5/c1-4-7-14-10-15(22(24)25)11-17-18(23)12-20(27-21(14)17)16-8-5-6-9-19(16)26-13(2)3/h5-6,8-13H,4,7H2,1-3H3,(H,24,25). The minimum absolute atomic E-state index is 0.0212. The SMILES string of the molecule is CCCc1cc(C(=O)O)cc2c(=O)cc(-c3ccccc3OC(C)C)oc12. The number of aromatic carboxylic acids is 1. The van der Waals surface area contributed by atoms with Crippen LogP contribution in [0, 0.1) is 0 Å². The van der Waals surface area contributed by atoms with Gasteiger partial charge in [-0.25, -0.2) is 4.79 Å². The Bertz CT molecular complexity index is 1050. The molecule has 27 heavy (non-hydrogen) atoms. The number of fused-ring (bicyclic) bond motifs is 1. The highest BCUT2D eigenvalue weighted by atomic mass is 16.5. The zero-order valence-corrected chi connectivity index (χ0v) is 15.6. The van der Waals surface area contributed by atoms with Crippen LogP contribution in [0.2, 0.25) is 0 Å². The van der Waals surface area contributed by atoms with E-state index in [0.29, 0.717) is 34.6 Å². The van der Waals surface area contributed by atoms with E-state index in [0.717, 1.165) is 6.42 Å². The first kappa shape index (κ1) is 18.7. The molecule has 0 fully saturated rings. The number of carbonyl (C=O) groups is 1. The fourth-order valence-corrected chi connectivity index (χ4v) is 3.07. The van der Waals surface area contributed by atoms with Gasteiger partial charge < -0.3 is 14.3 Å². The summed E-state index contributed by atoms with van der Waals surface area (Å²) in [6.07, 6.45) is 1.40. The van der Waals surface area contributed by atoms with Gasteiger partial charge in [-0.05, 0) is 50.1 Å². The molecule has 0 saturated carbocycles. The molecule has 0 spiro atoms. The summed E-state index contributed by atoms with van der Waals surface area (Å²) >= 11 is 0. The lowest BCUT2D eigenvalue weighted by Gasteiger charge is -2.14. The Morgan fingerprint density at radius 2 is 1.93 bits per heavy atom. The average Bonchev–Trinajstić information content (AvgIpc) is 2.62. The molecular formula is C22H22O5. The molecule has 0 aliphatic rings. The Morgan fingerprint density at radius 3 is 2.59 bits per heavy atom. The summed E-state index contributed by atoms with van der Waals surface area (Å²) in [5.74, 6) is -0.0215. The van der Waals surface area contributed by atoms with Gasteiger partial charge in [0.25, 0.3) is 0 Å². The summed E-state index contributed by atoms with van der Waals surface area (Å²) in [4.78, 5) is 24.1. The first-order valence-electron chi connectivity index (χ1n) is 9.00. The number of hydrogen-bond acceptors (Lipinski definition) is 4. The molecule has 0 aliphatic carbocycles. The Morgan fingerprint density at radius 1 is 1.19 bits per heavy atom. The summed E-state index contributed by atoms with van der Waals surface area (Å²) in [6, 6.07) is 11.7. The molecule has 1 aromatic heterocycles. The van der Waals surface area contributed by atoms with Crippen molar-refractivity contribution in [2.75, 3.05) is 0 Å². The summed E-state index contributed by atoms with van der Waals surface area (Å²) in [6.45, 7) is 5.85. The van der Waals surface area contributed by atoms with Crippen molar-refractivity contribution in [3.8, 4) is 17.1 Å². The maximum atomic E-state index is 12.7. The molecule has 2 aromatic carbocycles. The van der Waals surface area contributed by atoms with Crippen molar-refractivity contribution in [3.05, 3.63) is 63.8 Å². The predicted molar refractivity (Wildman–Crippen MR) is 105 cm³/mol. The van der Waals surface area contributed by atoms with E-state index in [1.807, 2.05) is 45.0 Å². The molecule has 3 aromatic rings. The van der Waals surface area contributed by atoms with Crippen LogP contribution < -0.4 is 10.2 Å². The van der Waals surface area contributed by atoms with E-state index >= 15 is 0 Å². The van der Waals surface area contributed by atoms with E-state index < -0.39 is 5.97 Å². The Hall–Kier alpha value is -3.08. The van der Waals surface area contributed by atoms with Gasteiger partial charge in [-0.3, -0.25) is 4.79 Å². The molecule has 0 amide bonds. The van der Waals surface area contributed by atoms with Crippen LogP contribution in [0.15, 0.2) is 51.7 Å². The van der Waals surface area contributed by atoms with Gasteiger partial charge in [0.1, 0.15) is 17.1 Å². The van der Waals surface area contributed by atoms with Crippen LogP contribution >= 0.6 is 0 Å². The predicted octanol–water partition coefficient (Wildman–Crippen LogP) is 4.90. The van der Waals surface area contributed by atoms with Crippen molar-refractivity contribution in [3.63, 3.8) is 0 Å². The number of benzene rings is 2. The second-order valence-corrected chi connectivity index (χ2v) is 6.70. The normalized spacial score (nSPS) is 11.1. The number of ether oxygens (including phenoxy) is 1. The van der Waals surface area contributed by atoms with E-state index in [2.05, 4.69) is 0 Å². The molecule has 0 bridgehead atoms. The third kappa shape index (κ3) is 3.87. The van der Waals surface area contributed by atoms with Gasteiger partial charge in [0.15, 0.2) is 5.43 Å². The van der Waals surface area contributed by atoms with Gasteiger partial charge in [-0.2, -0.15) is 0 Å². The van der Waals surface area contributed by atoms with Crippen LogP contribution in [0.5, 0.6) is 5.75 Å². The molecule has 1 N–H and O–H groups in total. The molecule has 0 aliphatic heterocycles. The fourth-order valence-electron chi connectivity index (χ4n) is 3.07. The van der Waals surface area contributed by atoms with Crippen molar-refractivity contribution >= 4 is 16.9 Å². The summed E-state index contributed by atoms with van der Waals surface area (Å²) in [5.41, 5.74) is 1.66. The van der Waals surface area contributed by atoms with E-state index in [1.165, 1.54) is 12.1 Å². The molecular weight excluding hydrogens is 344 g/mol. The maximum absolute atomic E-state index is 12.7. The highest BCUT2D eigenvalue weighted by Crippen LogP contribution is 2.32. The van der Waals surface area contributed by atoms with Crippen LogP contribution in [-0.2, 0) is 6.42 Å². The largest absolute Gasteiger partial charge is 0.490 e.